The fraction of sp³-hybridized carbons (Fsp3) is 0.0588. The number of halogens is 1. The molecule has 0 aliphatic heterocycles. The second kappa shape index (κ2) is 6.82. The molecule has 0 bridgehead atoms. The van der Waals surface area contributed by atoms with Crippen LogP contribution in [0.15, 0.2) is 54.7 Å². The predicted molar refractivity (Wildman–Crippen MR) is 89.7 cm³/mol. The summed E-state index contributed by atoms with van der Waals surface area (Å²) in [6, 6.07) is 13.5. The zero-order chi connectivity index (χ0) is 16.9. The number of benzene rings is 2. The minimum atomic E-state index is -0.586. The van der Waals surface area contributed by atoms with Gasteiger partial charge in [0.1, 0.15) is 11.5 Å². The third-order valence-electron chi connectivity index (χ3n) is 3.23. The number of phenolic OH excluding ortho intramolecular Hbond substituents is 1. The van der Waals surface area contributed by atoms with Crippen LogP contribution in [0.25, 0.3) is 0 Å². The van der Waals surface area contributed by atoms with Gasteiger partial charge in [0.15, 0.2) is 11.6 Å². The van der Waals surface area contributed by atoms with Crippen molar-refractivity contribution in [3.63, 3.8) is 0 Å². The van der Waals surface area contributed by atoms with Crippen LogP contribution in [0.2, 0.25) is 0 Å². The molecule has 1 heterocycles. The van der Waals surface area contributed by atoms with Crippen molar-refractivity contribution < 1.29 is 14.2 Å². The smallest absolute Gasteiger partial charge is 0.229 e. The van der Waals surface area contributed by atoms with E-state index in [-0.39, 0.29) is 17.5 Å². The van der Waals surface area contributed by atoms with E-state index < -0.39 is 5.82 Å². The van der Waals surface area contributed by atoms with Crippen LogP contribution in [0.5, 0.6) is 11.5 Å². The third kappa shape index (κ3) is 3.52. The predicted octanol–water partition coefficient (Wildman–Crippen LogP) is 3.82. The Morgan fingerprint density at radius 1 is 1.04 bits per heavy atom. The summed E-state index contributed by atoms with van der Waals surface area (Å²) >= 11 is 0. The van der Waals surface area contributed by atoms with E-state index in [2.05, 4.69) is 20.6 Å². The molecule has 0 atom stereocenters. The largest absolute Gasteiger partial charge is 0.508 e. The van der Waals surface area contributed by atoms with Gasteiger partial charge in [0.25, 0.3) is 0 Å². The number of rotatable bonds is 5. The lowest BCUT2D eigenvalue weighted by molar-refractivity contribution is 0.417. The van der Waals surface area contributed by atoms with Gasteiger partial charge in [0.2, 0.25) is 5.95 Å². The first-order chi connectivity index (χ1) is 11.7. The first-order valence-corrected chi connectivity index (χ1v) is 7.14. The van der Waals surface area contributed by atoms with Crippen molar-refractivity contribution >= 4 is 23.1 Å². The number of nitrogens with one attached hydrogen (secondary N) is 2. The second-order valence-electron chi connectivity index (χ2n) is 4.89. The number of nitrogens with zero attached hydrogens (tertiary/aromatic N) is 2. The zero-order valence-corrected chi connectivity index (χ0v) is 12.8. The summed E-state index contributed by atoms with van der Waals surface area (Å²) in [4.78, 5) is 8.04. The van der Waals surface area contributed by atoms with Crippen LogP contribution < -0.4 is 15.4 Å². The van der Waals surface area contributed by atoms with E-state index in [0.717, 1.165) is 6.20 Å². The number of hydrogen-bond acceptors (Lipinski definition) is 6. The molecule has 3 rings (SSSR count). The maximum atomic E-state index is 14.0. The first-order valence-electron chi connectivity index (χ1n) is 7.14. The van der Waals surface area contributed by atoms with Crippen molar-refractivity contribution in [3.8, 4) is 11.5 Å². The summed E-state index contributed by atoms with van der Waals surface area (Å²) in [6.45, 7) is 0. The van der Waals surface area contributed by atoms with Gasteiger partial charge in [-0.1, -0.05) is 12.1 Å². The highest BCUT2D eigenvalue weighted by Crippen LogP contribution is 2.28. The van der Waals surface area contributed by atoms with E-state index >= 15 is 0 Å². The molecule has 0 aliphatic carbocycles. The van der Waals surface area contributed by atoms with Gasteiger partial charge in [-0.05, 0) is 36.4 Å². The monoisotopic (exact) mass is 326 g/mol. The fourth-order valence-electron chi connectivity index (χ4n) is 2.06. The number of phenols is 1. The quantitative estimate of drug-likeness (QED) is 0.619. The summed E-state index contributed by atoms with van der Waals surface area (Å²) in [5.74, 6) is 0.384. The van der Waals surface area contributed by atoms with Gasteiger partial charge < -0.3 is 20.5 Å². The molecule has 3 N–H and O–H groups in total. The van der Waals surface area contributed by atoms with Gasteiger partial charge in [-0.15, -0.1) is 0 Å². The topological polar surface area (TPSA) is 79.3 Å². The van der Waals surface area contributed by atoms with Gasteiger partial charge >= 0.3 is 0 Å². The lowest BCUT2D eigenvalue weighted by atomic mass is 10.3. The molecule has 3 aromatic rings. The average molecular weight is 326 g/mol. The Labute approximate surface area is 138 Å². The molecule has 0 saturated heterocycles. The molecule has 2 aromatic carbocycles. The van der Waals surface area contributed by atoms with E-state index in [9.17, 15) is 9.50 Å². The molecule has 6 nitrogen and oxygen atoms in total. The van der Waals surface area contributed by atoms with Crippen LogP contribution in [0.1, 0.15) is 0 Å². The van der Waals surface area contributed by atoms with Gasteiger partial charge in [-0.25, -0.2) is 9.37 Å². The minimum absolute atomic E-state index is 0.0239. The highest BCUT2D eigenvalue weighted by molar-refractivity contribution is 5.65. The molecule has 0 aliphatic rings. The number of anilines is 4. The van der Waals surface area contributed by atoms with Gasteiger partial charge in [0.05, 0.1) is 19.0 Å². The molecule has 0 unspecified atom stereocenters. The second-order valence-corrected chi connectivity index (χ2v) is 4.89. The van der Waals surface area contributed by atoms with E-state index in [1.807, 2.05) is 6.07 Å². The lowest BCUT2D eigenvalue weighted by Crippen LogP contribution is -2.04. The van der Waals surface area contributed by atoms with Crippen molar-refractivity contribution in [1.82, 2.24) is 9.97 Å². The molecule has 0 amide bonds. The SMILES string of the molecule is COc1ccccc1Nc1nc(Nc2ccc(O)cc2)ncc1F. The Hall–Kier alpha value is -3.35. The first kappa shape index (κ1) is 15.5. The molecule has 122 valence electrons. The van der Waals surface area contributed by atoms with Gasteiger partial charge in [-0.2, -0.15) is 4.98 Å². The summed E-state index contributed by atoms with van der Waals surface area (Å²) in [5.41, 5.74) is 1.26. The lowest BCUT2D eigenvalue weighted by Gasteiger charge is -2.12. The fourth-order valence-corrected chi connectivity index (χ4v) is 2.06. The highest BCUT2D eigenvalue weighted by atomic mass is 19.1. The van der Waals surface area contributed by atoms with Crippen LogP contribution in [-0.4, -0.2) is 22.2 Å². The third-order valence-corrected chi connectivity index (χ3v) is 3.23. The minimum Gasteiger partial charge on any atom is -0.508 e. The molecular formula is C17H15FN4O2. The molecule has 0 saturated carbocycles. The molecular weight excluding hydrogens is 311 g/mol. The van der Waals surface area contributed by atoms with Crippen LogP contribution >= 0.6 is 0 Å². The van der Waals surface area contributed by atoms with Gasteiger partial charge in [0, 0.05) is 5.69 Å². The number of aromatic hydroxyl groups is 1. The number of hydrogen-bond donors (Lipinski definition) is 3. The summed E-state index contributed by atoms with van der Waals surface area (Å²) in [6.07, 6.45) is 1.08. The standard InChI is InChI=1S/C17H15FN4O2/c1-24-15-5-3-2-4-14(15)21-16-13(18)10-19-17(22-16)20-11-6-8-12(23)9-7-11/h2-10,23H,1H3,(H2,19,20,21,22). The van der Waals surface area contributed by atoms with Crippen LogP contribution in [-0.2, 0) is 0 Å². The maximum Gasteiger partial charge on any atom is 0.229 e. The molecule has 0 radical (unpaired) electrons. The Morgan fingerprint density at radius 2 is 1.79 bits per heavy atom. The number of ether oxygens (including phenoxy) is 1. The Balaban J connectivity index is 1.84. The molecule has 0 fully saturated rings. The van der Waals surface area contributed by atoms with E-state index in [1.165, 1.54) is 19.2 Å². The summed E-state index contributed by atoms with van der Waals surface area (Å²) in [5, 5.41) is 15.1. The molecule has 0 spiro atoms. The summed E-state index contributed by atoms with van der Waals surface area (Å²) in [7, 11) is 1.54. The molecule has 24 heavy (non-hydrogen) atoms. The maximum absolute atomic E-state index is 14.0. The van der Waals surface area contributed by atoms with Crippen molar-refractivity contribution in [1.29, 1.82) is 0 Å². The Kier molecular flexibility index (Phi) is 4.42. The van der Waals surface area contributed by atoms with Crippen LogP contribution in [0.3, 0.4) is 0 Å². The van der Waals surface area contributed by atoms with Crippen molar-refractivity contribution in [3.05, 3.63) is 60.5 Å². The Morgan fingerprint density at radius 3 is 2.54 bits per heavy atom. The van der Waals surface area contributed by atoms with Crippen molar-refractivity contribution in [2.75, 3.05) is 17.7 Å². The van der Waals surface area contributed by atoms with Crippen LogP contribution in [0.4, 0.5) is 27.5 Å². The number of aromatic nitrogens is 2. The highest BCUT2D eigenvalue weighted by Gasteiger charge is 2.10. The normalized spacial score (nSPS) is 10.2. The van der Waals surface area contributed by atoms with E-state index in [4.69, 9.17) is 4.74 Å². The average Bonchev–Trinajstić information content (AvgIpc) is 2.60. The summed E-state index contributed by atoms with van der Waals surface area (Å²) < 4.78 is 19.2. The zero-order valence-electron chi connectivity index (χ0n) is 12.8. The van der Waals surface area contributed by atoms with Crippen molar-refractivity contribution in [2.24, 2.45) is 0 Å². The van der Waals surface area contributed by atoms with E-state index in [0.29, 0.717) is 17.1 Å². The number of para-hydroxylation sites is 2. The van der Waals surface area contributed by atoms with E-state index in [1.54, 1.807) is 30.3 Å². The van der Waals surface area contributed by atoms with Gasteiger partial charge in [-0.3, -0.25) is 0 Å². The molecule has 1 aromatic heterocycles. The Bertz CT molecular complexity index is 840. The van der Waals surface area contributed by atoms with Crippen LogP contribution in [0, 0.1) is 5.82 Å². The number of methoxy groups -OCH3 is 1. The molecule has 7 heteroatoms. The van der Waals surface area contributed by atoms with Crippen molar-refractivity contribution in [2.45, 2.75) is 0 Å².